The van der Waals surface area contributed by atoms with Crippen LogP contribution in [0.3, 0.4) is 0 Å². The SMILES string of the molecule is COc1cc(C)ccc1OCC(=O)Nc1ccc(-c2nc3ccccc3n2C)cc1. The third kappa shape index (κ3) is 3.98. The van der Waals surface area contributed by atoms with Crippen LogP contribution < -0.4 is 14.8 Å². The number of rotatable bonds is 6. The van der Waals surface area contributed by atoms with E-state index in [0.717, 1.165) is 28.0 Å². The Morgan fingerprint density at radius 3 is 2.53 bits per heavy atom. The molecule has 6 heteroatoms. The molecular formula is C24H23N3O3. The molecule has 0 saturated carbocycles. The van der Waals surface area contributed by atoms with Gasteiger partial charge in [0, 0.05) is 18.3 Å². The van der Waals surface area contributed by atoms with Gasteiger partial charge in [-0.2, -0.15) is 0 Å². The quantitative estimate of drug-likeness (QED) is 0.514. The van der Waals surface area contributed by atoms with Crippen LogP contribution in [0.4, 0.5) is 5.69 Å². The topological polar surface area (TPSA) is 65.4 Å². The van der Waals surface area contributed by atoms with Gasteiger partial charge in [0.15, 0.2) is 18.1 Å². The molecule has 0 unspecified atom stereocenters. The first-order chi connectivity index (χ1) is 14.5. The van der Waals surface area contributed by atoms with Gasteiger partial charge >= 0.3 is 0 Å². The molecule has 0 fully saturated rings. The lowest BCUT2D eigenvalue weighted by Gasteiger charge is -2.11. The Hall–Kier alpha value is -3.80. The maximum Gasteiger partial charge on any atom is 0.262 e. The number of carbonyl (C=O) groups excluding carboxylic acids is 1. The number of nitrogens with one attached hydrogen (secondary N) is 1. The third-order valence-corrected chi connectivity index (χ3v) is 4.89. The monoisotopic (exact) mass is 401 g/mol. The van der Waals surface area contributed by atoms with Gasteiger partial charge in [-0.1, -0.05) is 18.2 Å². The van der Waals surface area contributed by atoms with Crippen LogP contribution in [0.1, 0.15) is 5.56 Å². The second-order valence-corrected chi connectivity index (χ2v) is 7.05. The molecule has 1 aromatic heterocycles. The first-order valence-corrected chi connectivity index (χ1v) is 9.64. The highest BCUT2D eigenvalue weighted by atomic mass is 16.5. The second-order valence-electron chi connectivity index (χ2n) is 7.05. The summed E-state index contributed by atoms with van der Waals surface area (Å²) in [7, 11) is 3.57. The van der Waals surface area contributed by atoms with Crippen molar-refractivity contribution in [2.75, 3.05) is 19.0 Å². The van der Waals surface area contributed by atoms with Crippen molar-refractivity contribution in [2.24, 2.45) is 7.05 Å². The van der Waals surface area contributed by atoms with Crippen molar-refractivity contribution >= 4 is 22.6 Å². The van der Waals surface area contributed by atoms with Crippen molar-refractivity contribution < 1.29 is 14.3 Å². The Morgan fingerprint density at radius 2 is 1.80 bits per heavy atom. The highest BCUT2D eigenvalue weighted by molar-refractivity contribution is 5.92. The van der Waals surface area contributed by atoms with Crippen LogP contribution in [0.5, 0.6) is 11.5 Å². The van der Waals surface area contributed by atoms with E-state index in [9.17, 15) is 4.79 Å². The Morgan fingerprint density at radius 1 is 1.03 bits per heavy atom. The van der Waals surface area contributed by atoms with Crippen molar-refractivity contribution in [2.45, 2.75) is 6.92 Å². The molecule has 6 nitrogen and oxygen atoms in total. The molecule has 1 N–H and O–H groups in total. The Balaban J connectivity index is 1.42. The summed E-state index contributed by atoms with van der Waals surface area (Å²) in [5.41, 5.74) is 4.77. The molecule has 4 rings (SSSR count). The molecule has 0 spiro atoms. The summed E-state index contributed by atoms with van der Waals surface area (Å²) in [4.78, 5) is 17.0. The van der Waals surface area contributed by atoms with Gasteiger partial charge < -0.3 is 19.4 Å². The number of carbonyl (C=O) groups is 1. The Bertz CT molecular complexity index is 1200. The Labute approximate surface area is 175 Å². The van der Waals surface area contributed by atoms with Gasteiger partial charge in [0.25, 0.3) is 5.91 Å². The first kappa shape index (κ1) is 19.5. The molecule has 0 atom stereocenters. The van der Waals surface area contributed by atoms with Crippen LogP contribution >= 0.6 is 0 Å². The average Bonchev–Trinajstić information content (AvgIpc) is 3.10. The van der Waals surface area contributed by atoms with E-state index < -0.39 is 0 Å². The molecule has 0 aliphatic rings. The number of nitrogens with zero attached hydrogens (tertiary/aromatic N) is 2. The maximum absolute atomic E-state index is 12.3. The van der Waals surface area contributed by atoms with Gasteiger partial charge in [0.1, 0.15) is 5.82 Å². The predicted molar refractivity (Wildman–Crippen MR) is 118 cm³/mol. The Kier molecular flexibility index (Phi) is 5.39. The molecule has 0 aliphatic carbocycles. The van der Waals surface area contributed by atoms with Crippen LogP contribution in [0.2, 0.25) is 0 Å². The van der Waals surface area contributed by atoms with Crippen LogP contribution in [-0.4, -0.2) is 29.2 Å². The average molecular weight is 401 g/mol. The molecule has 0 bridgehead atoms. The van der Waals surface area contributed by atoms with E-state index in [4.69, 9.17) is 14.5 Å². The maximum atomic E-state index is 12.3. The summed E-state index contributed by atoms with van der Waals surface area (Å²) in [6.45, 7) is 1.86. The van der Waals surface area contributed by atoms with E-state index in [1.54, 1.807) is 13.2 Å². The van der Waals surface area contributed by atoms with E-state index in [1.807, 2.05) is 74.6 Å². The largest absolute Gasteiger partial charge is 0.493 e. The fourth-order valence-corrected chi connectivity index (χ4v) is 3.34. The smallest absolute Gasteiger partial charge is 0.262 e. The summed E-state index contributed by atoms with van der Waals surface area (Å²) >= 11 is 0. The molecule has 0 radical (unpaired) electrons. The van der Waals surface area contributed by atoms with Crippen LogP contribution in [-0.2, 0) is 11.8 Å². The highest BCUT2D eigenvalue weighted by Crippen LogP contribution is 2.28. The number of amides is 1. The number of hydrogen-bond donors (Lipinski definition) is 1. The molecule has 30 heavy (non-hydrogen) atoms. The van der Waals surface area contributed by atoms with Gasteiger partial charge in [-0.05, 0) is 61.0 Å². The zero-order valence-corrected chi connectivity index (χ0v) is 17.2. The lowest BCUT2D eigenvalue weighted by molar-refractivity contribution is -0.118. The van der Waals surface area contributed by atoms with Gasteiger partial charge in [0.05, 0.1) is 18.1 Å². The lowest BCUT2D eigenvalue weighted by Crippen LogP contribution is -2.20. The van der Waals surface area contributed by atoms with Crippen molar-refractivity contribution in [1.82, 2.24) is 9.55 Å². The molecule has 1 amide bonds. The predicted octanol–water partition coefficient (Wildman–Crippen LogP) is 4.57. The number of benzene rings is 3. The molecule has 3 aromatic carbocycles. The summed E-state index contributed by atoms with van der Waals surface area (Å²) in [5, 5.41) is 2.85. The molecule has 4 aromatic rings. The normalized spacial score (nSPS) is 10.8. The number of hydrogen-bond acceptors (Lipinski definition) is 4. The molecule has 0 aliphatic heterocycles. The number of para-hydroxylation sites is 2. The minimum atomic E-state index is -0.242. The summed E-state index contributed by atoms with van der Waals surface area (Å²) in [5.74, 6) is 1.78. The van der Waals surface area contributed by atoms with E-state index in [2.05, 4.69) is 9.88 Å². The van der Waals surface area contributed by atoms with E-state index >= 15 is 0 Å². The number of aryl methyl sites for hydroxylation is 2. The first-order valence-electron chi connectivity index (χ1n) is 9.64. The summed E-state index contributed by atoms with van der Waals surface area (Å²) in [6.07, 6.45) is 0. The molecule has 1 heterocycles. The van der Waals surface area contributed by atoms with Gasteiger partial charge in [-0.25, -0.2) is 4.98 Å². The van der Waals surface area contributed by atoms with Crippen molar-refractivity contribution in [3.8, 4) is 22.9 Å². The molecular weight excluding hydrogens is 378 g/mol. The number of methoxy groups -OCH3 is 1. The van der Waals surface area contributed by atoms with Gasteiger partial charge in [-0.3, -0.25) is 4.79 Å². The van der Waals surface area contributed by atoms with E-state index in [-0.39, 0.29) is 12.5 Å². The fourth-order valence-electron chi connectivity index (χ4n) is 3.34. The van der Waals surface area contributed by atoms with Crippen molar-refractivity contribution in [3.63, 3.8) is 0 Å². The van der Waals surface area contributed by atoms with E-state index in [0.29, 0.717) is 17.2 Å². The summed E-state index contributed by atoms with van der Waals surface area (Å²) < 4.78 is 13.0. The lowest BCUT2D eigenvalue weighted by atomic mass is 10.2. The zero-order valence-electron chi connectivity index (χ0n) is 17.2. The van der Waals surface area contributed by atoms with Gasteiger partial charge in [0.2, 0.25) is 0 Å². The van der Waals surface area contributed by atoms with Crippen LogP contribution in [0.15, 0.2) is 66.7 Å². The van der Waals surface area contributed by atoms with Crippen LogP contribution in [0.25, 0.3) is 22.4 Å². The van der Waals surface area contributed by atoms with Crippen molar-refractivity contribution in [3.05, 3.63) is 72.3 Å². The van der Waals surface area contributed by atoms with Crippen LogP contribution in [0, 0.1) is 6.92 Å². The van der Waals surface area contributed by atoms with Gasteiger partial charge in [-0.15, -0.1) is 0 Å². The molecule has 0 saturated heterocycles. The minimum absolute atomic E-state index is 0.105. The number of anilines is 1. The zero-order chi connectivity index (χ0) is 21.1. The number of aromatic nitrogens is 2. The summed E-state index contributed by atoms with van der Waals surface area (Å²) in [6, 6.07) is 21.2. The second kappa shape index (κ2) is 8.29. The minimum Gasteiger partial charge on any atom is -0.493 e. The fraction of sp³-hybridized carbons (Fsp3) is 0.167. The third-order valence-electron chi connectivity index (χ3n) is 4.89. The number of ether oxygens (including phenoxy) is 2. The number of imidazole rings is 1. The standard InChI is InChI=1S/C24H23N3O3/c1-16-8-13-21(22(14-16)29-3)30-15-23(28)25-18-11-9-17(10-12-18)24-26-19-6-4-5-7-20(19)27(24)2/h4-14H,15H2,1-3H3,(H,25,28). The highest BCUT2D eigenvalue weighted by Gasteiger charge is 2.11. The number of fused-ring (bicyclic) bond motifs is 1. The molecule has 152 valence electrons. The van der Waals surface area contributed by atoms with Crippen molar-refractivity contribution in [1.29, 1.82) is 0 Å². The van der Waals surface area contributed by atoms with E-state index in [1.165, 1.54) is 0 Å².